The number of hydrogen-bond acceptors (Lipinski definition) is 3. The van der Waals surface area contributed by atoms with Gasteiger partial charge in [0, 0.05) is 19.6 Å². The molecule has 2 heterocycles. The van der Waals surface area contributed by atoms with Crippen LogP contribution >= 0.6 is 12.4 Å². The molecule has 0 aromatic carbocycles. The fourth-order valence-corrected chi connectivity index (χ4v) is 2.61. The summed E-state index contributed by atoms with van der Waals surface area (Å²) in [5.74, 6) is 1.45. The van der Waals surface area contributed by atoms with Crippen molar-refractivity contribution < 1.29 is 9.53 Å². The van der Waals surface area contributed by atoms with Crippen LogP contribution in [0.4, 0.5) is 0 Å². The van der Waals surface area contributed by atoms with Crippen molar-refractivity contribution in [3.63, 3.8) is 0 Å². The van der Waals surface area contributed by atoms with Gasteiger partial charge in [0.25, 0.3) is 0 Å². The van der Waals surface area contributed by atoms with Gasteiger partial charge in [-0.2, -0.15) is 0 Å². The molecule has 2 aliphatic rings. The van der Waals surface area contributed by atoms with E-state index < -0.39 is 0 Å². The predicted molar refractivity (Wildman–Crippen MR) is 74.0 cm³/mol. The van der Waals surface area contributed by atoms with E-state index in [1.807, 2.05) is 0 Å². The van der Waals surface area contributed by atoms with Crippen molar-refractivity contribution in [2.24, 2.45) is 11.8 Å². The maximum absolute atomic E-state index is 11.7. The number of hydrogen-bond donors (Lipinski definition) is 2. The summed E-state index contributed by atoms with van der Waals surface area (Å²) in [5.41, 5.74) is 0. The minimum absolute atomic E-state index is 0. The highest BCUT2D eigenvalue weighted by Crippen LogP contribution is 2.15. The smallest absolute Gasteiger partial charge is 0.220 e. The molecule has 0 saturated carbocycles. The first-order valence-corrected chi connectivity index (χ1v) is 6.90. The van der Waals surface area contributed by atoms with Crippen LogP contribution in [0.25, 0.3) is 0 Å². The summed E-state index contributed by atoms with van der Waals surface area (Å²) in [4.78, 5) is 11.7. The van der Waals surface area contributed by atoms with Crippen LogP contribution in [0.1, 0.15) is 32.1 Å². The Bertz CT molecular complexity index is 239. The number of ether oxygens (including phenoxy) is 1. The Hall–Kier alpha value is -0.320. The Morgan fingerprint density at radius 3 is 2.89 bits per heavy atom. The molecule has 2 fully saturated rings. The standard InChI is InChI=1S/C13H24N2O2.ClH/c16-13(4-3-11-5-6-14-8-11)15-9-12-2-1-7-17-10-12;/h11-12,14H,1-10H2,(H,15,16);1H. The Morgan fingerprint density at radius 2 is 2.22 bits per heavy atom. The number of nitrogens with one attached hydrogen (secondary N) is 2. The number of halogens is 1. The van der Waals surface area contributed by atoms with E-state index in [1.165, 1.54) is 12.8 Å². The molecule has 0 aromatic heterocycles. The summed E-state index contributed by atoms with van der Waals surface area (Å²) in [6.45, 7) is 4.70. The Morgan fingerprint density at radius 1 is 1.33 bits per heavy atom. The average Bonchev–Trinajstić information content (AvgIpc) is 2.88. The molecule has 2 aliphatic heterocycles. The fraction of sp³-hybridized carbons (Fsp3) is 0.923. The van der Waals surface area contributed by atoms with Crippen LogP contribution in [0.5, 0.6) is 0 Å². The first kappa shape index (κ1) is 15.7. The first-order valence-electron chi connectivity index (χ1n) is 6.90. The first-order chi connectivity index (χ1) is 8.34. The summed E-state index contributed by atoms with van der Waals surface area (Å²) >= 11 is 0. The van der Waals surface area contributed by atoms with Gasteiger partial charge in [-0.25, -0.2) is 0 Å². The molecule has 2 saturated heterocycles. The van der Waals surface area contributed by atoms with E-state index in [-0.39, 0.29) is 18.3 Å². The van der Waals surface area contributed by atoms with Crippen LogP contribution in [0, 0.1) is 11.8 Å². The zero-order valence-corrected chi connectivity index (χ0v) is 11.8. The maximum atomic E-state index is 11.7. The molecule has 2 atom stereocenters. The number of amides is 1. The Labute approximate surface area is 116 Å². The summed E-state index contributed by atoms with van der Waals surface area (Å²) in [7, 11) is 0. The van der Waals surface area contributed by atoms with Gasteiger partial charge in [-0.05, 0) is 50.6 Å². The van der Waals surface area contributed by atoms with E-state index >= 15 is 0 Å². The minimum atomic E-state index is 0. The monoisotopic (exact) mass is 276 g/mol. The third kappa shape index (κ3) is 5.55. The van der Waals surface area contributed by atoms with Crippen LogP contribution in [-0.2, 0) is 9.53 Å². The highest BCUT2D eigenvalue weighted by molar-refractivity contribution is 5.85. The molecule has 5 heteroatoms. The summed E-state index contributed by atoms with van der Waals surface area (Å²) in [5, 5.41) is 6.37. The van der Waals surface area contributed by atoms with E-state index in [0.717, 1.165) is 45.7 Å². The van der Waals surface area contributed by atoms with Gasteiger partial charge in [0.1, 0.15) is 0 Å². The fourth-order valence-electron chi connectivity index (χ4n) is 2.61. The van der Waals surface area contributed by atoms with Crippen molar-refractivity contribution >= 4 is 18.3 Å². The lowest BCUT2D eigenvalue weighted by atomic mass is 10.0. The van der Waals surface area contributed by atoms with Gasteiger partial charge in [0.2, 0.25) is 5.91 Å². The molecule has 2 unspecified atom stereocenters. The summed E-state index contributed by atoms with van der Waals surface area (Å²) in [6, 6.07) is 0. The summed E-state index contributed by atoms with van der Waals surface area (Å²) in [6.07, 6.45) is 5.25. The van der Waals surface area contributed by atoms with Crippen molar-refractivity contribution in [1.29, 1.82) is 0 Å². The molecule has 0 radical (unpaired) electrons. The molecule has 0 aromatic rings. The second kappa shape index (κ2) is 8.73. The van der Waals surface area contributed by atoms with Crippen LogP contribution in [0.3, 0.4) is 0 Å². The largest absolute Gasteiger partial charge is 0.381 e. The van der Waals surface area contributed by atoms with Crippen LogP contribution < -0.4 is 10.6 Å². The highest BCUT2D eigenvalue weighted by atomic mass is 35.5. The third-order valence-corrected chi connectivity index (χ3v) is 3.78. The van der Waals surface area contributed by atoms with Crippen molar-refractivity contribution in [3.8, 4) is 0 Å². The molecule has 2 rings (SSSR count). The second-order valence-electron chi connectivity index (χ2n) is 5.28. The van der Waals surface area contributed by atoms with Crippen molar-refractivity contribution in [2.45, 2.75) is 32.1 Å². The second-order valence-corrected chi connectivity index (χ2v) is 5.28. The quantitative estimate of drug-likeness (QED) is 0.797. The van der Waals surface area contributed by atoms with Gasteiger partial charge in [-0.15, -0.1) is 12.4 Å². The molecule has 0 aliphatic carbocycles. The van der Waals surface area contributed by atoms with E-state index in [0.29, 0.717) is 18.3 Å². The molecule has 2 N–H and O–H groups in total. The topological polar surface area (TPSA) is 50.4 Å². The number of carbonyl (C=O) groups is 1. The molecule has 106 valence electrons. The zero-order valence-electron chi connectivity index (χ0n) is 11.0. The van der Waals surface area contributed by atoms with Gasteiger partial charge in [0.05, 0.1) is 6.61 Å². The molecule has 4 nitrogen and oxygen atoms in total. The predicted octanol–water partition coefficient (Wildman–Crippen LogP) is 1.34. The summed E-state index contributed by atoms with van der Waals surface area (Å²) < 4.78 is 5.40. The average molecular weight is 277 g/mol. The van der Waals surface area contributed by atoms with Gasteiger partial charge < -0.3 is 15.4 Å². The van der Waals surface area contributed by atoms with E-state index in [9.17, 15) is 4.79 Å². The van der Waals surface area contributed by atoms with E-state index in [1.54, 1.807) is 0 Å². The van der Waals surface area contributed by atoms with Gasteiger partial charge >= 0.3 is 0 Å². The molecule has 1 amide bonds. The lowest BCUT2D eigenvalue weighted by Gasteiger charge is -2.22. The Balaban J connectivity index is 0.00000162. The van der Waals surface area contributed by atoms with Crippen molar-refractivity contribution in [1.82, 2.24) is 10.6 Å². The SMILES string of the molecule is Cl.O=C(CCC1CCNC1)NCC1CCCOC1. The normalized spacial score (nSPS) is 27.6. The highest BCUT2D eigenvalue weighted by Gasteiger charge is 2.17. The lowest BCUT2D eigenvalue weighted by molar-refractivity contribution is -0.121. The maximum Gasteiger partial charge on any atom is 0.220 e. The van der Waals surface area contributed by atoms with Crippen molar-refractivity contribution in [2.75, 3.05) is 32.8 Å². The number of carbonyl (C=O) groups excluding carboxylic acids is 1. The minimum Gasteiger partial charge on any atom is -0.381 e. The zero-order chi connectivity index (χ0) is 11.9. The van der Waals surface area contributed by atoms with Gasteiger partial charge in [0.15, 0.2) is 0 Å². The molecular formula is C13H25ClN2O2. The lowest BCUT2D eigenvalue weighted by Crippen LogP contribution is -2.33. The molecule has 18 heavy (non-hydrogen) atoms. The van der Waals surface area contributed by atoms with E-state index in [4.69, 9.17) is 4.74 Å². The molecule has 0 bridgehead atoms. The molecular weight excluding hydrogens is 252 g/mol. The van der Waals surface area contributed by atoms with E-state index in [2.05, 4.69) is 10.6 Å². The van der Waals surface area contributed by atoms with Crippen LogP contribution in [0.15, 0.2) is 0 Å². The molecule has 0 spiro atoms. The Kier molecular flexibility index (Phi) is 7.63. The van der Waals surface area contributed by atoms with Crippen LogP contribution in [0.2, 0.25) is 0 Å². The van der Waals surface area contributed by atoms with Crippen molar-refractivity contribution in [3.05, 3.63) is 0 Å². The van der Waals surface area contributed by atoms with Gasteiger partial charge in [-0.1, -0.05) is 0 Å². The third-order valence-electron chi connectivity index (χ3n) is 3.78. The number of rotatable bonds is 5. The van der Waals surface area contributed by atoms with Gasteiger partial charge in [-0.3, -0.25) is 4.79 Å². The van der Waals surface area contributed by atoms with Crippen LogP contribution in [-0.4, -0.2) is 38.8 Å².